The molecule has 1 fully saturated rings. The molecule has 7 heteroatoms. The van der Waals surface area contributed by atoms with Crippen LogP contribution >= 0.6 is 0 Å². The number of aliphatic hydroxyl groups is 1. The zero-order valence-electron chi connectivity index (χ0n) is 13.8. The Morgan fingerprint density at radius 3 is 2.88 bits per heavy atom. The zero-order chi connectivity index (χ0) is 16.8. The van der Waals surface area contributed by atoms with Gasteiger partial charge in [-0.25, -0.2) is 4.79 Å². The molecule has 24 heavy (non-hydrogen) atoms. The van der Waals surface area contributed by atoms with E-state index in [2.05, 4.69) is 25.7 Å². The van der Waals surface area contributed by atoms with Gasteiger partial charge in [-0.1, -0.05) is 12.8 Å². The maximum absolute atomic E-state index is 12.0. The molecule has 1 aromatic heterocycles. The summed E-state index contributed by atoms with van der Waals surface area (Å²) in [6, 6.07) is 5.23. The van der Waals surface area contributed by atoms with E-state index in [0.717, 1.165) is 24.0 Å². The molecule has 7 nitrogen and oxygen atoms in total. The first kappa shape index (κ1) is 16.7. The maximum Gasteiger partial charge on any atom is 0.319 e. The second kappa shape index (κ2) is 8.12. The number of aromatic nitrogens is 2. The summed E-state index contributed by atoms with van der Waals surface area (Å²) in [5, 5.41) is 23.4. The number of carbonyl (C=O) groups excluding carboxylic acids is 1. The summed E-state index contributed by atoms with van der Waals surface area (Å²) in [6.45, 7) is 2.93. The van der Waals surface area contributed by atoms with Crippen LogP contribution in [0.5, 0.6) is 0 Å². The van der Waals surface area contributed by atoms with Crippen molar-refractivity contribution in [3.05, 3.63) is 24.4 Å². The molecule has 2 amide bonds. The lowest BCUT2D eigenvalue weighted by Crippen LogP contribution is -2.41. The molecule has 2 heterocycles. The number of aromatic amines is 1. The Morgan fingerprint density at radius 1 is 1.29 bits per heavy atom. The van der Waals surface area contributed by atoms with Crippen LogP contribution < -0.4 is 10.6 Å². The lowest BCUT2D eigenvalue weighted by molar-refractivity contribution is 0.115. The summed E-state index contributed by atoms with van der Waals surface area (Å²) in [6.07, 6.45) is 6.11. The van der Waals surface area contributed by atoms with Gasteiger partial charge in [-0.05, 0) is 44.1 Å². The molecule has 0 spiro atoms. The molecule has 1 saturated heterocycles. The number of β-amino-alcohol motifs (C(OH)–C–C–N with tert-alkyl or cyclic N) is 1. The number of likely N-dealkylation sites (tertiary alicyclic amines) is 1. The van der Waals surface area contributed by atoms with Crippen molar-refractivity contribution in [1.29, 1.82) is 0 Å². The highest BCUT2D eigenvalue weighted by Gasteiger charge is 2.14. The number of benzene rings is 1. The summed E-state index contributed by atoms with van der Waals surface area (Å²) in [4.78, 5) is 14.2. The number of urea groups is 1. The third-order valence-corrected chi connectivity index (χ3v) is 4.37. The van der Waals surface area contributed by atoms with Gasteiger partial charge in [0, 0.05) is 24.2 Å². The van der Waals surface area contributed by atoms with E-state index >= 15 is 0 Å². The molecule has 130 valence electrons. The minimum absolute atomic E-state index is 0.245. The van der Waals surface area contributed by atoms with Gasteiger partial charge in [-0.2, -0.15) is 5.10 Å². The summed E-state index contributed by atoms with van der Waals surface area (Å²) in [7, 11) is 0. The van der Waals surface area contributed by atoms with Gasteiger partial charge < -0.3 is 20.6 Å². The van der Waals surface area contributed by atoms with E-state index in [1.54, 1.807) is 6.20 Å². The molecular formula is C17H25N5O2. The van der Waals surface area contributed by atoms with Crippen molar-refractivity contribution in [1.82, 2.24) is 20.4 Å². The molecule has 2 aromatic rings. The zero-order valence-corrected chi connectivity index (χ0v) is 13.8. The molecule has 4 N–H and O–H groups in total. The predicted octanol–water partition coefficient (Wildman–Crippen LogP) is 1.92. The molecular weight excluding hydrogens is 306 g/mol. The highest BCUT2D eigenvalue weighted by Crippen LogP contribution is 2.16. The topological polar surface area (TPSA) is 93.3 Å². The lowest BCUT2D eigenvalue weighted by Gasteiger charge is -2.23. The Bertz CT molecular complexity index is 664. The fourth-order valence-corrected chi connectivity index (χ4v) is 3.08. The van der Waals surface area contributed by atoms with Crippen LogP contribution in [0, 0.1) is 0 Å². The van der Waals surface area contributed by atoms with Crippen molar-refractivity contribution in [2.75, 3.05) is 31.5 Å². The number of nitrogens with one attached hydrogen (secondary N) is 3. The Hall–Kier alpha value is -2.12. The SMILES string of the molecule is O=C(NC[C@H](O)CN1CCCCCC1)Nc1ccc2cn[nH]c2c1. The van der Waals surface area contributed by atoms with E-state index < -0.39 is 6.10 Å². The summed E-state index contributed by atoms with van der Waals surface area (Å²) in [5.74, 6) is 0. The first-order valence-electron chi connectivity index (χ1n) is 8.59. The van der Waals surface area contributed by atoms with Gasteiger partial charge in [0.1, 0.15) is 0 Å². The van der Waals surface area contributed by atoms with Crippen molar-refractivity contribution in [2.24, 2.45) is 0 Å². The molecule has 0 radical (unpaired) electrons. The molecule has 0 aliphatic carbocycles. The summed E-state index contributed by atoms with van der Waals surface area (Å²) in [5.41, 5.74) is 1.56. The second-order valence-electron chi connectivity index (χ2n) is 6.38. The van der Waals surface area contributed by atoms with Gasteiger partial charge in [0.15, 0.2) is 0 Å². The van der Waals surface area contributed by atoms with E-state index in [0.29, 0.717) is 12.2 Å². The standard InChI is InChI=1S/C17H25N5O2/c23-15(12-22-7-3-1-2-4-8-22)11-18-17(24)20-14-6-5-13-10-19-21-16(13)9-14/h5-6,9-10,15,23H,1-4,7-8,11-12H2,(H,19,21)(H2,18,20,24)/t15-/m0/s1. The Labute approximate surface area is 141 Å². The van der Waals surface area contributed by atoms with Crippen LogP contribution in [-0.4, -0.2) is 58.5 Å². The smallest absolute Gasteiger partial charge is 0.319 e. The number of fused-ring (bicyclic) bond motifs is 1. The number of aliphatic hydroxyl groups excluding tert-OH is 1. The summed E-state index contributed by atoms with van der Waals surface area (Å²) < 4.78 is 0. The van der Waals surface area contributed by atoms with Crippen LogP contribution in [0.25, 0.3) is 10.9 Å². The number of nitrogens with zero attached hydrogens (tertiary/aromatic N) is 2. The van der Waals surface area contributed by atoms with E-state index in [4.69, 9.17) is 0 Å². The molecule has 0 bridgehead atoms. The third kappa shape index (κ3) is 4.69. The summed E-state index contributed by atoms with van der Waals surface area (Å²) >= 11 is 0. The Kier molecular flexibility index (Phi) is 5.66. The number of amides is 2. The monoisotopic (exact) mass is 331 g/mol. The average molecular weight is 331 g/mol. The number of hydrogen-bond donors (Lipinski definition) is 4. The van der Waals surface area contributed by atoms with Crippen molar-refractivity contribution in [2.45, 2.75) is 31.8 Å². The van der Waals surface area contributed by atoms with Gasteiger partial charge in [-0.15, -0.1) is 0 Å². The Morgan fingerprint density at radius 2 is 2.08 bits per heavy atom. The highest BCUT2D eigenvalue weighted by molar-refractivity contribution is 5.92. The van der Waals surface area contributed by atoms with Gasteiger partial charge in [0.2, 0.25) is 0 Å². The van der Waals surface area contributed by atoms with Crippen LogP contribution in [0.2, 0.25) is 0 Å². The van der Waals surface area contributed by atoms with E-state index in [-0.39, 0.29) is 12.6 Å². The van der Waals surface area contributed by atoms with E-state index in [1.165, 1.54) is 25.7 Å². The molecule has 1 atom stereocenters. The van der Waals surface area contributed by atoms with Gasteiger partial charge in [0.25, 0.3) is 0 Å². The first-order chi connectivity index (χ1) is 11.7. The fraction of sp³-hybridized carbons (Fsp3) is 0.529. The fourth-order valence-electron chi connectivity index (χ4n) is 3.08. The quantitative estimate of drug-likeness (QED) is 0.673. The molecule has 1 aliphatic heterocycles. The molecule has 0 unspecified atom stereocenters. The van der Waals surface area contributed by atoms with Crippen LogP contribution in [0.4, 0.5) is 10.5 Å². The normalized spacial score (nSPS) is 17.4. The van der Waals surface area contributed by atoms with Crippen LogP contribution in [-0.2, 0) is 0 Å². The van der Waals surface area contributed by atoms with Crippen LogP contribution in [0.1, 0.15) is 25.7 Å². The minimum Gasteiger partial charge on any atom is -0.390 e. The maximum atomic E-state index is 12.0. The second-order valence-corrected chi connectivity index (χ2v) is 6.38. The van der Waals surface area contributed by atoms with E-state index in [1.807, 2.05) is 18.2 Å². The predicted molar refractivity (Wildman–Crippen MR) is 94.0 cm³/mol. The van der Waals surface area contributed by atoms with Crippen molar-refractivity contribution >= 4 is 22.6 Å². The van der Waals surface area contributed by atoms with Crippen molar-refractivity contribution in [3.63, 3.8) is 0 Å². The van der Waals surface area contributed by atoms with Gasteiger partial charge in [-0.3, -0.25) is 5.10 Å². The number of rotatable bonds is 5. The van der Waals surface area contributed by atoms with Gasteiger partial charge in [0.05, 0.1) is 17.8 Å². The number of H-pyrrole nitrogens is 1. The van der Waals surface area contributed by atoms with Crippen LogP contribution in [0.15, 0.2) is 24.4 Å². The minimum atomic E-state index is -0.552. The largest absolute Gasteiger partial charge is 0.390 e. The van der Waals surface area contributed by atoms with Crippen molar-refractivity contribution in [3.8, 4) is 0 Å². The first-order valence-corrected chi connectivity index (χ1v) is 8.59. The molecule has 3 rings (SSSR count). The molecule has 1 aromatic carbocycles. The Balaban J connectivity index is 1.42. The highest BCUT2D eigenvalue weighted by atomic mass is 16.3. The molecule has 1 aliphatic rings. The van der Waals surface area contributed by atoms with Crippen molar-refractivity contribution < 1.29 is 9.90 Å². The molecule has 0 saturated carbocycles. The average Bonchev–Trinajstić information content (AvgIpc) is 2.88. The number of carbonyl (C=O) groups is 1. The van der Waals surface area contributed by atoms with Crippen LogP contribution in [0.3, 0.4) is 0 Å². The number of hydrogen-bond acceptors (Lipinski definition) is 4. The van der Waals surface area contributed by atoms with E-state index in [9.17, 15) is 9.90 Å². The number of anilines is 1. The lowest BCUT2D eigenvalue weighted by atomic mass is 10.2. The third-order valence-electron chi connectivity index (χ3n) is 4.37. The van der Waals surface area contributed by atoms with Gasteiger partial charge >= 0.3 is 6.03 Å².